The molecule has 0 aromatic carbocycles. The molecule has 1 rings (SSSR count). The third kappa shape index (κ3) is 5.90. The van der Waals surface area contributed by atoms with Gasteiger partial charge in [-0.2, -0.15) is 12.7 Å². The number of esters is 1. The maximum Gasteiger partial charge on any atom is 0.324 e. The second-order valence-electron chi connectivity index (χ2n) is 5.06. The van der Waals surface area contributed by atoms with Gasteiger partial charge in [0.25, 0.3) is 10.2 Å². The fourth-order valence-corrected chi connectivity index (χ4v) is 3.84. The summed E-state index contributed by atoms with van der Waals surface area (Å²) in [5, 5.41) is 8.66. The topological polar surface area (TPSA) is 95.9 Å². The Labute approximate surface area is 126 Å². The zero-order chi connectivity index (χ0) is 15.7. The lowest BCUT2D eigenvalue weighted by molar-refractivity contribution is -0.146. The average molecular weight is 322 g/mol. The first kappa shape index (κ1) is 18.3. The molecule has 0 radical (unpaired) electrons. The van der Waals surface area contributed by atoms with Crippen molar-refractivity contribution < 1.29 is 23.1 Å². The Balaban J connectivity index is 2.43. The van der Waals surface area contributed by atoms with E-state index in [4.69, 9.17) is 9.84 Å². The van der Waals surface area contributed by atoms with Crippen LogP contribution >= 0.6 is 0 Å². The maximum atomic E-state index is 12.2. The summed E-state index contributed by atoms with van der Waals surface area (Å²) in [6, 6.07) is -0.697. The Morgan fingerprint density at radius 1 is 1.33 bits per heavy atom. The number of nitrogens with one attached hydrogen (secondary N) is 1. The highest BCUT2D eigenvalue weighted by Gasteiger charge is 2.39. The largest absolute Gasteiger partial charge is 0.465 e. The van der Waals surface area contributed by atoms with E-state index in [2.05, 4.69) is 4.72 Å². The summed E-state index contributed by atoms with van der Waals surface area (Å²) < 4.78 is 33.1. The molecule has 1 atom stereocenters. The number of carbonyl (C=O) groups is 1. The lowest BCUT2D eigenvalue weighted by Crippen LogP contribution is -2.47. The molecule has 0 spiro atoms. The fourth-order valence-electron chi connectivity index (χ4n) is 2.38. The van der Waals surface area contributed by atoms with Crippen LogP contribution in [0.4, 0.5) is 0 Å². The molecule has 21 heavy (non-hydrogen) atoms. The van der Waals surface area contributed by atoms with E-state index < -0.39 is 22.2 Å². The molecule has 124 valence electrons. The third-order valence-corrected chi connectivity index (χ3v) is 5.06. The number of hydrogen-bond donors (Lipinski definition) is 2. The van der Waals surface area contributed by atoms with E-state index in [1.165, 1.54) is 4.31 Å². The van der Waals surface area contributed by atoms with E-state index in [0.717, 1.165) is 25.7 Å². The standard InChI is InChI=1S/C13H26N2O5S/c1-2-20-13(17)12-8-7-10-15(12)21(18,19)14-9-5-3-4-6-11-16/h12,14,16H,2-11H2,1H3. The zero-order valence-electron chi connectivity index (χ0n) is 12.6. The van der Waals surface area contributed by atoms with Gasteiger partial charge in [-0.25, -0.2) is 4.72 Å². The van der Waals surface area contributed by atoms with Crippen LogP contribution in [0.3, 0.4) is 0 Å². The van der Waals surface area contributed by atoms with Crippen LogP contribution in [0, 0.1) is 0 Å². The van der Waals surface area contributed by atoms with Crippen LogP contribution in [-0.2, 0) is 19.7 Å². The second-order valence-corrected chi connectivity index (χ2v) is 6.77. The van der Waals surface area contributed by atoms with Crippen LogP contribution in [-0.4, -0.2) is 56.1 Å². The minimum atomic E-state index is -3.63. The molecule has 0 saturated carbocycles. The highest BCUT2D eigenvalue weighted by molar-refractivity contribution is 7.87. The molecular weight excluding hydrogens is 296 g/mol. The first-order valence-electron chi connectivity index (χ1n) is 7.57. The maximum absolute atomic E-state index is 12.2. The highest BCUT2D eigenvalue weighted by atomic mass is 32.2. The van der Waals surface area contributed by atoms with E-state index in [1.807, 2.05) is 0 Å². The Morgan fingerprint density at radius 3 is 2.71 bits per heavy atom. The number of hydrogen-bond acceptors (Lipinski definition) is 5. The van der Waals surface area contributed by atoms with Gasteiger partial charge >= 0.3 is 5.97 Å². The average Bonchev–Trinajstić information content (AvgIpc) is 2.93. The molecule has 1 saturated heterocycles. The number of rotatable bonds is 10. The zero-order valence-corrected chi connectivity index (χ0v) is 13.4. The van der Waals surface area contributed by atoms with Gasteiger partial charge in [0.15, 0.2) is 0 Å². The van der Waals surface area contributed by atoms with Crippen molar-refractivity contribution in [1.29, 1.82) is 0 Å². The minimum Gasteiger partial charge on any atom is -0.465 e. The van der Waals surface area contributed by atoms with Crippen LogP contribution in [0.15, 0.2) is 0 Å². The number of unbranched alkanes of at least 4 members (excludes halogenated alkanes) is 3. The summed E-state index contributed by atoms with van der Waals surface area (Å²) in [6.07, 6.45) is 4.38. The van der Waals surface area contributed by atoms with Crippen LogP contribution in [0.5, 0.6) is 0 Å². The summed E-state index contributed by atoms with van der Waals surface area (Å²) in [6.45, 7) is 2.82. The monoisotopic (exact) mass is 322 g/mol. The van der Waals surface area contributed by atoms with E-state index in [0.29, 0.717) is 25.9 Å². The summed E-state index contributed by atoms with van der Waals surface area (Å²) >= 11 is 0. The van der Waals surface area contributed by atoms with Gasteiger partial charge in [-0.15, -0.1) is 0 Å². The van der Waals surface area contributed by atoms with Crippen molar-refractivity contribution >= 4 is 16.2 Å². The van der Waals surface area contributed by atoms with Gasteiger partial charge in [0.05, 0.1) is 6.61 Å². The van der Waals surface area contributed by atoms with Crippen LogP contribution in [0.1, 0.15) is 45.4 Å². The summed E-state index contributed by atoms with van der Waals surface area (Å²) in [5.74, 6) is -0.469. The lowest BCUT2D eigenvalue weighted by Gasteiger charge is -2.22. The van der Waals surface area contributed by atoms with Gasteiger partial charge in [0.1, 0.15) is 6.04 Å². The van der Waals surface area contributed by atoms with Gasteiger partial charge in [-0.3, -0.25) is 4.79 Å². The SMILES string of the molecule is CCOC(=O)C1CCCN1S(=O)(=O)NCCCCCCO. The van der Waals surface area contributed by atoms with E-state index >= 15 is 0 Å². The molecule has 0 bridgehead atoms. The van der Waals surface area contributed by atoms with E-state index in [1.54, 1.807) is 6.92 Å². The fraction of sp³-hybridized carbons (Fsp3) is 0.923. The normalized spacial score (nSPS) is 19.8. The summed E-state index contributed by atoms with van der Waals surface area (Å²) in [5.41, 5.74) is 0. The predicted molar refractivity (Wildman–Crippen MR) is 78.8 cm³/mol. The Morgan fingerprint density at radius 2 is 2.05 bits per heavy atom. The number of ether oxygens (including phenoxy) is 1. The molecule has 1 heterocycles. The molecule has 0 aromatic heterocycles. The molecule has 8 heteroatoms. The Kier molecular flexibility index (Phi) is 8.16. The van der Waals surface area contributed by atoms with Crippen LogP contribution in [0.2, 0.25) is 0 Å². The van der Waals surface area contributed by atoms with Crippen molar-refractivity contribution in [3.05, 3.63) is 0 Å². The minimum absolute atomic E-state index is 0.167. The third-order valence-electron chi connectivity index (χ3n) is 3.44. The van der Waals surface area contributed by atoms with E-state index in [-0.39, 0.29) is 13.2 Å². The van der Waals surface area contributed by atoms with Gasteiger partial charge in [0, 0.05) is 19.7 Å². The summed E-state index contributed by atoms with van der Waals surface area (Å²) in [7, 11) is -3.63. The van der Waals surface area contributed by atoms with Crippen molar-refractivity contribution in [3.63, 3.8) is 0 Å². The molecule has 1 aliphatic rings. The molecule has 7 nitrogen and oxygen atoms in total. The highest BCUT2D eigenvalue weighted by Crippen LogP contribution is 2.21. The molecule has 0 aromatic rings. The molecule has 1 unspecified atom stereocenters. The molecular formula is C13H26N2O5S. The Hall–Kier alpha value is -0.700. The van der Waals surface area contributed by atoms with Crippen LogP contribution < -0.4 is 4.72 Å². The lowest BCUT2D eigenvalue weighted by atomic mass is 10.2. The molecule has 1 fully saturated rings. The number of aliphatic hydroxyl groups excluding tert-OH is 1. The van der Waals surface area contributed by atoms with Gasteiger partial charge < -0.3 is 9.84 Å². The molecule has 2 N–H and O–H groups in total. The first-order valence-corrected chi connectivity index (χ1v) is 9.01. The number of aliphatic hydroxyl groups is 1. The smallest absolute Gasteiger partial charge is 0.324 e. The van der Waals surface area contributed by atoms with Gasteiger partial charge in [-0.1, -0.05) is 12.8 Å². The molecule has 0 aliphatic carbocycles. The van der Waals surface area contributed by atoms with Crippen molar-refractivity contribution in [1.82, 2.24) is 9.03 Å². The first-order chi connectivity index (χ1) is 10.0. The number of nitrogens with zero attached hydrogens (tertiary/aromatic N) is 1. The summed E-state index contributed by atoms with van der Waals surface area (Å²) in [4.78, 5) is 11.8. The van der Waals surface area contributed by atoms with Crippen molar-refractivity contribution in [2.75, 3.05) is 26.3 Å². The van der Waals surface area contributed by atoms with Crippen LogP contribution in [0.25, 0.3) is 0 Å². The van der Waals surface area contributed by atoms with Gasteiger partial charge in [-0.05, 0) is 32.6 Å². The van der Waals surface area contributed by atoms with Crippen molar-refractivity contribution in [2.45, 2.75) is 51.5 Å². The molecule has 0 amide bonds. The quantitative estimate of drug-likeness (QED) is 0.448. The van der Waals surface area contributed by atoms with Crippen molar-refractivity contribution in [3.8, 4) is 0 Å². The Bertz CT molecular complexity index is 413. The van der Waals surface area contributed by atoms with Crippen molar-refractivity contribution in [2.24, 2.45) is 0 Å². The predicted octanol–water partition coefficient (Wildman–Crippen LogP) is 0.401. The van der Waals surface area contributed by atoms with E-state index in [9.17, 15) is 13.2 Å². The molecule has 1 aliphatic heterocycles. The van der Waals surface area contributed by atoms with Gasteiger partial charge in [0.2, 0.25) is 0 Å². The number of carbonyl (C=O) groups excluding carboxylic acids is 1. The second kappa shape index (κ2) is 9.34.